The molecule has 3 N–H and O–H groups in total. The van der Waals surface area contributed by atoms with Gasteiger partial charge in [0.2, 0.25) is 5.95 Å². The number of cyclic esters (lactones) is 2. The Morgan fingerprint density at radius 1 is 0.667 bits per heavy atom. The van der Waals surface area contributed by atoms with Gasteiger partial charge in [-0.1, -0.05) is 21.3 Å². The SMILES string of the molecule is C.CC1Cc2c([C@H](C)N)ncn2-c2ccc(C(F)(F)F)cc21.CC1Cc2c([C@H](C)Nc3nccc(N4C(=O)OC[C@@H]4[C@H](C)F)n3)ncn2-c2ccc(C(F)(F)F)cc21.C[C@H](F)[C@H]1COC(=O)N1c1ccnc(F)n1.[B]. The lowest BCUT2D eigenvalue weighted by atomic mass is 9.88. The Bertz CT molecular complexity index is 3010. The second-order valence-electron chi connectivity index (χ2n) is 18.1. The predicted molar refractivity (Wildman–Crippen MR) is 259 cm³/mol. The van der Waals surface area contributed by atoms with Crippen LogP contribution in [-0.4, -0.2) is 97.3 Å². The zero-order valence-corrected chi connectivity index (χ0v) is 40.5. The summed E-state index contributed by atoms with van der Waals surface area (Å²) in [6.07, 6.45) is -6.68. The molecule has 3 radical (unpaired) electrons. The molecule has 2 fully saturated rings. The van der Waals surface area contributed by atoms with E-state index in [4.69, 9.17) is 15.2 Å². The second-order valence-corrected chi connectivity index (χ2v) is 18.1. The number of nitrogens with two attached hydrogens (primary N) is 1. The molecule has 0 spiro atoms. The molecule has 2 unspecified atom stereocenters. The number of ether oxygens (including phenoxy) is 2. The van der Waals surface area contributed by atoms with Crippen LogP contribution >= 0.6 is 0 Å². The minimum absolute atomic E-state index is 0. The molecular formula is C49H53BF9N12O4. The maximum absolute atomic E-state index is 14.0. The molecule has 6 aromatic rings. The minimum atomic E-state index is -4.41. The number of carbonyl (C=O) groups excluding carboxylic acids is 2. The van der Waals surface area contributed by atoms with Crippen molar-refractivity contribution >= 4 is 38.2 Å². The number of hydrogen-bond acceptors (Lipinski definition) is 12. The Balaban J connectivity index is 0.000000199. The van der Waals surface area contributed by atoms with Gasteiger partial charge in [0.15, 0.2) is 0 Å². The number of anilines is 3. The second kappa shape index (κ2) is 22.3. The third-order valence-electron chi connectivity index (χ3n) is 12.9. The molecule has 0 saturated carbocycles. The van der Waals surface area contributed by atoms with Gasteiger partial charge in [0.1, 0.15) is 49.3 Å². The monoisotopic (exact) mass is 1060 g/mol. The van der Waals surface area contributed by atoms with Crippen molar-refractivity contribution in [3.8, 4) is 11.4 Å². The van der Waals surface area contributed by atoms with Crippen molar-refractivity contribution in [3.05, 3.63) is 125 Å². The molecule has 16 nitrogen and oxygen atoms in total. The largest absolute Gasteiger partial charge is 0.447 e. The van der Waals surface area contributed by atoms with Crippen molar-refractivity contribution in [2.75, 3.05) is 28.3 Å². The number of aromatic nitrogens is 8. The molecule has 399 valence electrons. The smallest absolute Gasteiger partial charge is 0.416 e. The van der Waals surface area contributed by atoms with Crippen LogP contribution < -0.4 is 20.9 Å². The Hall–Kier alpha value is -7.25. The molecule has 0 aliphatic carbocycles. The molecule has 10 rings (SSSR count). The predicted octanol–water partition coefficient (Wildman–Crippen LogP) is 10.3. The van der Waals surface area contributed by atoms with E-state index in [0.29, 0.717) is 35.3 Å². The molecule has 4 aromatic heterocycles. The molecule has 0 bridgehead atoms. The summed E-state index contributed by atoms with van der Waals surface area (Å²) in [6.45, 7) is 10.1. The summed E-state index contributed by atoms with van der Waals surface area (Å²) in [4.78, 5) is 49.8. The highest BCUT2D eigenvalue weighted by Gasteiger charge is 2.41. The van der Waals surface area contributed by atoms with Gasteiger partial charge in [0, 0.05) is 38.2 Å². The molecular weight excluding hydrogens is 1000 g/mol. The van der Waals surface area contributed by atoms with Crippen LogP contribution in [0.2, 0.25) is 0 Å². The summed E-state index contributed by atoms with van der Waals surface area (Å²) in [6, 6.07) is 8.36. The number of fused-ring (bicyclic) bond motifs is 6. The Kier molecular flexibility index (Phi) is 17.0. The fraction of sp³-hybridized carbons (Fsp3) is 0.429. The molecule has 2 amide bonds. The molecule has 8 atom stereocenters. The summed E-state index contributed by atoms with van der Waals surface area (Å²) >= 11 is 0. The van der Waals surface area contributed by atoms with E-state index in [0.717, 1.165) is 46.0 Å². The number of alkyl halides is 8. The van der Waals surface area contributed by atoms with E-state index in [1.807, 2.05) is 36.8 Å². The van der Waals surface area contributed by atoms with Crippen molar-refractivity contribution < 1.29 is 58.6 Å². The summed E-state index contributed by atoms with van der Waals surface area (Å²) in [7, 11) is 0. The third-order valence-corrected chi connectivity index (χ3v) is 12.9. The highest BCUT2D eigenvalue weighted by Crippen LogP contribution is 2.41. The number of carbonyl (C=O) groups is 2. The lowest BCUT2D eigenvalue weighted by molar-refractivity contribution is -0.138. The highest BCUT2D eigenvalue weighted by atomic mass is 19.4. The Labute approximate surface area is 427 Å². The number of nitrogens with zero attached hydrogens (tertiary/aromatic N) is 10. The number of imidazole rings is 2. The normalized spacial score (nSPS) is 20.1. The average molecular weight is 1060 g/mol. The molecule has 75 heavy (non-hydrogen) atoms. The van der Waals surface area contributed by atoms with Crippen LogP contribution in [0.4, 0.5) is 66.7 Å². The van der Waals surface area contributed by atoms with E-state index in [2.05, 4.69) is 35.2 Å². The molecule has 2 saturated heterocycles. The van der Waals surface area contributed by atoms with Crippen LogP contribution in [0.1, 0.15) is 118 Å². The van der Waals surface area contributed by atoms with Gasteiger partial charge in [0.05, 0.1) is 52.6 Å². The highest BCUT2D eigenvalue weighted by molar-refractivity contribution is 5.90. The van der Waals surface area contributed by atoms with E-state index in [1.54, 1.807) is 12.7 Å². The first-order valence-corrected chi connectivity index (χ1v) is 23.0. The zero-order chi connectivity index (χ0) is 52.8. The fourth-order valence-electron chi connectivity index (χ4n) is 9.18. The van der Waals surface area contributed by atoms with Gasteiger partial charge in [-0.05, 0) is 112 Å². The zero-order valence-electron chi connectivity index (χ0n) is 40.5. The number of hydrogen-bond donors (Lipinski definition) is 2. The first-order chi connectivity index (χ1) is 34.4. The first kappa shape index (κ1) is 57.0. The number of nitrogens with one attached hydrogen (secondary N) is 1. The van der Waals surface area contributed by atoms with Crippen molar-refractivity contribution in [1.82, 2.24) is 39.0 Å². The third kappa shape index (κ3) is 11.7. The number of benzene rings is 2. The van der Waals surface area contributed by atoms with Crippen LogP contribution in [0.3, 0.4) is 0 Å². The number of amides is 2. The minimum Gasteiger partial charge on any atom is -0.447 e. The number of halogens is 9. The molecule has 8 heterocycles. The molecule has 4 aliphatic heterocycles. The number of rotatable bonds is 8. The van der Waals surface area contributed by atoms with Gasteiger partial charge in [0.25, 0.3) is 0 Å². The lowest BCUT2D eigenvalue weighted by Gasteiger charge is -2.27. The van der Waals surface area contributed by atoms with Crippen molar-refractivity contribution in [2.24, 2.45) is 5.73 Å². The van der Waals surface area contributed by atoms with Gasteiger partial charge in [-0.15, -0.1) is 0 Å². The fourth-order valence-corrected chi connectivity index (χ4v) is 9.18. The standard InChI is InChI=1S/C24H24F4N6O2.C15H16F3N3.C9H9F2N3O2.CH4.B/c1-12-8-18-21(30-11-33(18)17-5-4-15(9-16(12)17)24(26,27)28)14(3)31-22-29-7-6-20(32-22)34-19(13(2)25)10-36-23(34)35;1-8-5-13-14(9(2)19)20-7-21(13)12-4-3-10(6-11(8)12)15(16,17)18;1-5(10)6-4-16-9(15)14(6)7-2-3-12-8(11)13-7;;/h4-7,9,11-14,19H,8,10H2,1-3H3,(H,29,31,32);3-4,6-9H,5,19H2,1-2H3;2-3,5-6H,4H2,1H3;1H4;/t12?,13-,14-,19+;8?,9-;5-,6+;;/m000../s1. The van der Waals surface area contributed by atoms with E-state index in [-0.39, 0.29) is 70.6 Å². The summed E-state index contributed by atoms with van der Waals surface area (Å²) in [5.41, 5.74) is 10.8. The van der Waals surface area contributed by atoms with Crippen LogP contribution in [0.15, 0.2) is 73.6 Å². The van der Waals surface area contributed by atoms with Gasteiger partial charge in [-0.3, -0.25) is 9.80 Å². The van der Waals surface area contributed by atoms with Crippen molar-refractivity contribution in [1.29, 1.82) is 0 Å². The van der Waals surface area contributed by atoms with Crippen LogP contribution in [0.5, 0.6) is 0 Å². The van der Waals surface area contributed by atoms with Gasteiger partial charge < -0.3 is 29.7 Å². The maximum atomic E-state index is 14.0. The van der Waals surface area contributed by atoms with Crippen LogP contribution in [0, 0.1) is 6.08 Å². The summed E-state index contributed by atoms with van der Waals surface area (Å²) < 4.78 is 132. The molecule has 4 aliphatic rings. The quantitative estimate of drug-likeness (QED) is 0.0837. The van der Waals surface area contributed by atoms with E-state index >= 15 is 0 Å². The first-order valence-electron chi connectivity index (χ1n) is 23.0. The van der Waals surface area contributed by atoms with Gasteiger partial charge in [-0.25, -0.2) is 38.3 Å². The van der Waals surface area contributed by atoms with Crippen LogP contribution in [-0.2, 0) is 34.7 Å². The van der Waals surface area contributed by atoms with Gasteiger partial charge in [-0.2, -0.15) is 40.7 Å². The van der Waals surface area contributed by atoms with Crippen LogP contribution in [0.25, 0.3) is 11.4 Å². The Morgan fingerprint density at radius 2 is 1.11 bits per heavy atom. The van der Waals surface area contributed by atoms with E-state index < -0.39 is 66.2 Å². The topological polar surface area (TPSA) is 184 Å². The van der Waals surface area contributed by atoms with E-state index in [1.165, 1.54) is 61.3 Å². The summed E-state index contributed by atoms with van der Waals surface area (Å²) in [5.74, 6) is 0.295. The van der Waals surface area contributed by atoms with E-state index in [9.17, 15) is 49.1 Å². The summed E-state index contributed by atoms with van der Waals surface area (Å²) in [5, 5.41) is 3.17. The molecule has 26 heteroatoms. The maximum Gasteiger partial charge on any atom is 0.416 e. The van der Waals surface area contributed by atoms with Crippen molar-refractivity contribution in [3.63, 3.8) is 0 Å². The lowest BCUT2D eigenvalue weighted by Crippen LogP contribution is -2.39. The molecule has 2 aromatic carbocycles. The Morgan fingerprint density at radius 3 is 1.55 bits per heavy atom. The van der Waals surface area contributed by atoms with Crippen molar-refractivity contribution in [2.45, 2.75) is 123 Å². The van der Waals surface area contributed by atoms with Gasteiger partial charge >= 0.3 is 30.6 Å². The average Bonchev–Trinajstić information content (AvgIpc) is 4.14.